The number of nitrogens with one attached hydrogen (secondary N) is 1. The summed E-state index contributed by atoms with van der Waals surface area (Å²) in [5, 5.41) is 11.6. The molecule has 0 bridgehead atoms. The zero-order valence-electron chi connectivity index (χ0n) is 9.92. The lowest BCUT2D eigenvalue weighted by molar-refractivity contribution is 0.340. The summed E-state index contributed by atoms with van der Waals surface area (Å²) in [5.74, 6) is 2.13. The van der Waals surface area contributed by atoms with Gasteiger partial charge in [0.05, 0.1) is 5.92 Å². The van der Waals surface area contributed by atoms with Gasteiger partial charge in [-0.25, -0.2) is 0 Å². The van der Waals surface area contributed by atoms with Crippen molar-refractivity contribution in [2.75, 3.05) is 13.1 Å². The SMILES string of the molecule is CC1CNCC1c1nc(-c2ccn(C)n2)no1. The lowest BCUT2D eigenvalue weighted by Gasteiger charge is -2.07. The Balaban J connectivity index is 1.87. The topological polar surface area (TPSA) is 68.8 Å². The standard InChI is InChI=1S/C11H15N5O/c1-7-5-12-6-8(7)11-13-10(15-17-11)9-3-4-16(2)14-9/h3-4,7-8,12H,5-6H2,1-2H3. The number of hydrogen-bond donors (Lipinski definition) is 1. The molecule has 0 aromatic carbocycles. The van der Waals surface area contributed by atoms with Gasteiger partial charge in [0, 0.05) is 19.8 Å². The molecule has 1 saturated heterocycles. The largest absolute Gasteiger partial charge is 0.339 e. The highest BCUT2D eigenvalue weighted by atomic mass is 16.5. The summed E-state index contributed by atoms with van der Waals surface area (Å²) >= 11 is 0. The van der Waals surface area contributed by atoms with Gasteiger partial charge in [-0.2, -0.15) is 10.1 Å². The van der Waals surface area contributed by atoms with Gasteiger partial charge < -0.3 is 9.84 Å². The first-order valence-corrected chi connectivity index (χ1v) is 5.78. The van der Waals surface area contributed by atoms with Crippen molar-refractivity contribution in [3.8, 4) is 11.5 Å². The maximum Gasteiger partial charge on any atom is 0.231 e. The van der Waals surface area contributed by atoms with Crippen molar-refractivity contribution in [1.82, 2.24) is 25.2 Å². The van der Waals surface area contributed by atoms with E-state index in [0.29, 0.717) is 23.6 Å². The fourth-order valence-electron chi connectivity index (χ4n) is 2.16. The first-order valence-electron chi connectivity index (χ1n) is 5.78. The van der Waals surface area contributed by atoms with Gasteiger partial charge in [-0.05, 0) is 18.5 Å². The molecular weight excluding hydrogens is 218 g/mol. The minimum atomic E-state index is 0.319. The van der Waals surface area contributed by atoms with Gasteiger partial charge >= 0.3 is 0 Å². The van der Waals surface area contributed by atoms with Crippen LogP contribution in [0.4, 0.5) is 0 Å². The third kappa shape index (κ3) is 1.84. The van der Waals surface area contributed by atoms with Gasteiger partial charge in [0.15, 0.2) is 0 Å². The molecule has 0 saturated carbocycles. The van der Waals surface area contributed by atoms with E-state index in [0.717, 1.165) is 18.8 Å². The molecule has 1 fully saturated rings. The van der Waals surface area contributed by atoms with Crippen molar-refractivity contribution >= 4 is 0 Å². The van der Waals surface area contributed by atoms with Crippen LogP contribution in [-0.4, -0.2) is 33.0 Å². The zero-order valence-corrected chi connectivity index (χ0v) is 9.92. The zero-order chi connectivity index (χ0) is 11.8. The van der Waals surface area contributed by atoms with Gasteiger partial charge in [0.25, 0.3) is 0 Å². The maximum absolute atomic E-state index is 5.33. The molecule has 0 spiro atoms. The molecule has 2 aromatic heterocycles. The average Bonchev–Trinajstić information content (AvgIpc) is 2.97. The molecule has 3 heterocycles. The van der Waals surface area contributed by atoms with Crippen LogP contribution in [0.15, 0.2) is 16.8 Å². The Hall–Kier alpha value is -1.69. The number of aromatic nitrogens is 4. The molecule has 0 radical (unpaired) electrons. The smallest absolute Gasteiger partial charge is 0.231 e. The van der Waals surface area contributed by atoms with Crippen LogP contribution >= 0.6 is 0 Å². The molecule has 2 aromatic rings. The highest BCUT2D eigenvalue weighted by Gasteiger charge is 2.29. The second-order valence-electron chi connectivity index (χ2n) is 4.57. The van der Waals surface area contributed by atoms with Crippen molar-refractivity contribution < 1.29 is 4.52 Å². The number of aryl methyl sites for hydroxylation is 1. The molecule has 6 heteroatoms. The second kappa shape index (κ2) is 3.96. The van der Waals surface area contributed by atoms with E-state index in [1.165, 1.54) is 0 Å². The molecule has 90 valence electrons. The van der Waals surface area contributed by atoms with Gasteiger partial charge in [-0.1, -0.05) is 12.1 Å². The summed E-state index contributed by atoms with van der Waals surface area (Å²) in [6.45, 7) is 4.10. The van der Waals surface area contributed by atoms with Gasteiger partial charge in [0.1, 0.15) is 5.69 Å². The van der Waals surface area contributed by atoms with Crippen LogP contribution in [0.2, 0.25) is 0 Å². The molecule has 0 amide bonds. The Morgan fingerprint density at radius 1 is 1.47 bits per heavy atom. The molecule has 1 aliphatic heterocycles. The number of hydrogen-bond acceptors (Lipinski definition) is 5. The van der Waals surface area contributed by atoms with Crippen LogP contribution in [0, 0.1) is 5.92 Å². The summed E-state index contributed by atoms with van der Waals surface area (Å²) < 4.78 is 7.06. The fourth-order valence-corrected chi connectivity index (χ4v) is 2.16. The molecular formula is C11H15N5O. The Labute approximate surface area is 99.0 Å². The van der Waals surface area contributed by atoms with Crippen LogP contribution in [-0.2, 0) is 7.05 Å². The van der Waals surface area contributed by atoms with E-state index in [2.05, 4.69) is 27.5 Å². The van der Waals surface area contributed by atoms with Crippen molar-refractivity contribution in [1.29, 1.82) is 0 Å². The Kier molecular flexibility index (Phi) is 2.44. The first kappa shape index (κ1) is 10.5. The number of nitrogens with zero attached hydrogens (tertiary/aromatic N) is 4. The highest BCUT2D eigenvalue weighted by molar-refractivity contribution is 5.46. The lowest BCUT2D eigenvalue weighted by Crippen LogP contribution is -2.08. The molecule has 1 aliphatic rings. The Morgan fingerprint density at radius 3 is 3.00 bits per heavy atom. The van der Waals surface area contributed by atoms with Crippen LogP contribution in [0.5, 0.6) is 0 Å². The molecule has 17 heavy (non-hydrogen) atoms. The minimum Gasteiger partial charge on any atom is -0.339 e. The fraction of sp³-hybridized carbons (Fsp3) is 0.545. The summed E-state index contributed by atoms with van der Waals surface area (Å²) in [6, 6.07) is 1.88. The van der Waals surface area contributed by atoms with Crippen molar-refractivity contribution in [2.24, 2.45) is 13.0 Å². The normalized spacial score (nSPS) is 24.4. The Bertz CT molecular complexity index is 517. The maximum atomic E-state index is 5.33. The molecule has 6 nitrogen and oxygen atoms in total. The predicted octanol–water partition coefficient (Wildman–Crippen LogP) is 0.793. The second-order valence-corrected chi connectivity index (χ2v) is 4.57. The van der Waals surface area contributed by atoms with E-state index >= 15 is 0 Å². The van der Waals surface area contributed by atoms with Crippen molar-refractivity contribution in [3.05, 3.63) is 18.2 Å². The van der Waals surface area contributed by atoms with Crippen LogP contribution < -0.4 is 5.32 Å². The molecule has 1 N–H and O–H groups in total. The Morgan fingerprint density at radius 2 is 2.35 bits per heavy atom. The summed E-state index contributed by atoms with van der Waals surface area (Å²) in [6.07, 6.45) is 1.87. The average molecular weight is 233 g/mol. The molecule has 2 atom stereocenters. The van der Waals surface area contributed by atoms with Crippen molar-refractivity contribution in [2.45, 2.75) is 12.8 Å². The quantitative estimate of drug-likeness (QED) is 0.830. The molecule has 3 rings (SSSR count). The first-order chi connectivity index (χ1) is 8.24. The van der Waals surface area contributed by atoms with E-state index in [-0.39, 0.29) is 0 Å². The number of rotatable bonds is 2. The van der Waals surface area contributed by atoms with E-state index < -0.39 is 0 Å². The summed E-state index contributed by atoms with van der Waals surface area (Å²) in [4.78, 5) is 4.43. The van der Waals surface area contributed by atoms with E-state index in [1.54, 1.807) is 4.68 Å². The van der Waals surface area contributed by atoms with E-state index in [4.69, 9.17) is 4.52 Å². The van der Waals surface area contributed by atoms with E-state index in [9.17, 15) is 0 Å². The minimum absolute atomic E-state index is 0.319. The van der Waals surface area contributed by atoms with E-state index in [1.807, 2.05) is 19.3 Å². The van der Waals surface area contributed by atoms with Crippen LogP contribution in [0.25, 0.3) is 11.5 Å². The molecule has 0 aliphatic carbocycles. The summed E-state index contributed by atoms with van der Waals surface area (Å²) in [7, 11) is 1.87. The lowest BCUT2D eigenvalue weighted by atomic mass is 9.98. The third-order valence-corrected chi connectivity index (χ3v) is 3.22. The van der Waals surface area contributed by atoms with Gasteiger partial charge in [-0.3, -0.25) is 4.68 Å². The monoisotopic (exact) mass is 233 g/mol. The highest BCUT2D eigenvalue weighted by Crippen LogP contribution is 2.27. The van der Waals surface area contributed by atoms with Gasteiger partial charge in [-0.15, -0.1) is 0 Å². The summed E-state index contributed by atoms with van der Waals surface area (Å²) in [5.41, 5.74) is 0.751. The van der Waals surface area contributed by atoms with Gasteiger partial charge in [0.2, 0.25) is 11.7 Å². The van der Waals surface area contributed by atoms with Crippen LogP contribution in [0.3, 0.4) is 0 Å². The predicted molar refractivity (Wildman–Crippen MR) is 61.3 cm³/mol. The van der Waals surface area contributed by atoms with Crippen molar-refractivity contribution in [3.63, 3.8) is 0 Å². The molecule has 2 unspecified atom stereocenters. The third-order valence-electron chi connectivity index (χ3n) is 3.22. The van der Waals surface area contributed by atoms with Crippen LogP contribution in [0.1, 0.15) is 18.7 Å².